The standard InChI is InChI=1S/C16H15N3O4/c1-9(20)11-3-5-12(6-4-11)19-16(23)14(8-18)15(22)13(7-17)10(2)21/h3-7,22H,17H2,1-2H3,(H,19,23)/b13-7+,15-14-. The van der Waals surface area contributed by atoms with Gasteiger partial charge in [0.05, 0.1) is 5.57 Å². The molecule has 0 heterocycles. The summed E-state index contributed by atoms with van der Waals surface area (Å²) in [6.45, 7) is 2.55. The number of hydrogen-bond acceptors (Lipinski definition) is 6. The average molecular weight is 313 g/mol. The molecule has 0 aliphatic heterocycles. The summed E-state index contributed by atoms with van der Waals surface area (Å²) in [6, 6.07) is 7.51. The number of anilines is 1. The van der Waals surface area contributed by atoms with Crippen LogP contribution in [-0.4, -0.2) is 22.6 Å². The zero-order valence-electron chi connectivity index (χ0n) is 12.6. The van der Waals surface area contributed by atoms with Gasteiger partial charge in [-0.25, -0.2) is 0 Å². The third-order valence-electron chi connectivity index (χ3n) is 2.93. The molecule has 1 rings (SSSR count). The Kier molecular flexibility index (Phi) is 5.80. The number of nitrogens with two attached hydrogens (primary N) is 1. The van der Waals surface area contributed by atoms with Gasteiger partial charge in [-0.1, -0.05) is 0 Å². The van der Waals surface area contributed by atoms with E-state index in [0.717, 1.165) is 13.1 Å². The van der Waals surface area contributed by atoms with Gasteiger partial charge in [0.1, 0.15) is 6.07 Å². The largest absolute Gasteiger partial charge is 0.506 e. The number of nitriles is 1. The second-order valence-electron chi connectivity index (χ2n) is 4.56. The minimum Gasteiger partial charge on any atom is -0.506 e. The summed E-state index contributed by atoms with van der Waals surface area (Å²) < 4.78 is 0. The Morgan fingerprint density at radius 2 is 1.78 bits per heavy atom. The Balaban J connectivity index is 3.09. The fourth-order valence-corrected chi connectivity index (χ4v) is 1.69. The molecule has 0 spiro atoms. The van der Waals surface area contributed by atoms with E-state index in [9.17, 15) is 19.5 Å². The number of carbonyl (C=O) groups excluding carboxylic acids is 3. The van der Waals surface area contributed by atoms with Crippen molar-refractivity contribution in [3.05, 3.63) is 52.9 Å². The molecule has 0 aliphatic rings. The Bertz CT molecular complexity index is 753. The van der Waals surface area contributed by atoms with Crippen molar-refractivity contribution < 1.29 is 19.5 Å². The Labute approximate surface area is 132 Å². The third-order valence-corrected chi connectivity index (χ3v) is 2.93. The maximum Gasteiger partial charge on any atom is 0.270 e. The lowest BCUT2D eigenvalue weighted by Gasteiger charge is -2.07. The average Bonchev–Trinajstić information content (AvgIpc) is 2.48. The molecule has 0 saturated carbocycles. The van der Waals surface area contributed by atoms with Crippen molar-refractivity contribution in [2.75, 3.05) is 5.32 Å². The lowest BCUT2D eigenvalue weighted by Crippen LogP contribution is -2.17. The zero-order chi connectivity index (χ0) is 17.6. The van der Waals surface area contributed by atoms with Crippen molar-refractivity contribution in [2.45, 2.75) is 13.8 Å². The highest BCUT2D eigenvalue weighted by Crippen LogP contribution is 2.16. The van der Waals surface area contributed by atoms with Crippen molar-refractivity contribution in [3.8, 4) is 6.07 Å². The predicted molar refractivity (Wildman–Crippen MR) is 83.3 cm³/mol. The molecule has 23 heavy (non-hydrogen) atoms. The summed E-state index contributed by atoms with van der Waals surface area (Å²) in [6.07, 6.45) is 0.823. The smallest absolute Gasteiger partial charge is 0.270 e. The minimum absolute atomic E-state index is 0.127. The molecule has 118 valence electrons. The Morgan fingerprint density at radius 1 is 1.22 bits per heavy atom. The number of ketones is 2. The van der Waals surface area contributed by atoms with Gasteiger partial charge in [0, 0.05) is 17.5 Å². The molecule has 0 unspecified atom stereocenters. The molecule has 1 aromatic carbocycles. The number of Topliss-reactive ketones (excluding diaryl/α,β-unsaturated/α-hetero) is 2. The normalized spacial score (nSPS) is 12.0. The van der Waals surface area contributed by atoms with Crippen LogP contribution in [0.2, 0.25) is 0 Å². The number of benzene rings is 1. The van der Waals surface area contributed by atoms with Crippen molar-refractivity contribution >= 4 is 23.2 Å². The van der Waals surface area contributed by atoms with E-state index in [1.54, 1.807) is 0 Å². The van der Waals surface area contributed by atoms with Gasteiger partial charge in [0.25, 0.3) is 5.91 Å². The van der Waals surface area contributed by atoms with E-state index in [1.165, 1.54) is 37.3 Å². The molecular formula is C16H15N3O4. The molecule has 1 aromatic rings. The van der Waals surface area contributed by atoms with E-state index in [-0.39, 0.29) is 11.4 Å². The van der Waals surface area contributed by atoms with E-state index in [0.29, 0.717) is 11.3 Å². The number of aliphatic hydroxyl groups is 1. The highest BCUT2D eigenvalue weighted by molar-refractivity contribution is 6.09. The van der Waals surface area contributed by atoms with Gasteiger partial charge in [-0.2, -0.15) is 5.26 Å². The van der Waals surface area contributed by atoms with E-state index >= 15 is 0 Å². The van der Waals surface area contributed by atoms with Gasteiger partial charge >= 0.3 is 0 Å². The zero-order valence-corrected chi connectivity index (χ0v) is 12.6. The quantitative estimate of drug-likeness (QED) is 0.248. The summed E-state index contributed by atoms with van der Waals surface area (Å²) in [4.78, 5) is 34.5. The van der Waals surface area contributed by atoms with Crippen LogP contribution in [0.15, 0.2) is 47.4 Å². The van der Waals surface area contributed by atoms with E-state index in [2.05, 4.69) is 5.32 Å². The van der Waals surface area contributed by atoms with Crippen molar-refractivity contribution in [3.63, 3.8) is 0 Å². The number of nitrogens with one attached hydrogen (secondary N) is 1. The molecule has 0 saturated heterocycles. The molecule has 1 amide bonds. The van der Waals surface area contributed by atoms with Crippen LogP contribution in [0, 0.1) is 11.3 Å². The summed E-state index contributed by atoms with van der Waals surface area (Å²) >= 11 is 0. The lowest BCUT2D eigenvalue weighted by atomic mass is 10.1. The predicted octanol–water partition coefficient (Wildman–Crippen LogP) is 1.59. The number of carbonyl (C=O) groups is 3. The third kappa shape index (κ3) is 4.28. The van der Waals surface area contributed by atoms with E-state index in [4.69, 9.17) is 11.0 Å². The van der Waals surface area contributed by atoms with E-state index < -0.39 is 23.0 Å². The van der Waals surface area contributed by atoms with Gasteiger partial charge < -0.3 is 16.2 Å². The first kappa shape index (κ1) is 17.7. The number of nitrogens with zero attached hydrogens (tertiary/aromatic N) is 1. The number of aliphatic hydroxyl groups excluding tert-OH is 1. The highest BCUT2D eigenvalue weighted by Gasteiger charge is 2.20. The molecule has 0 bridgehead atoms. The van der Waals surface area contributed by atoms with Gasteiger partial charge in [-0.15, -0.1) is 0 Å². The van der Waals surface area contributed by atoms with Gasteiger partial charge in [0.2, 0.25) is 0 Å². The fraction of sp³-hybridized carbons (Fsp3) is 0.125. The van der Waals surface area contributed by atoms with Crippen molar-refractivity contribution in [1.82, 2.24) is 0 Å². The first-order valence-electron chi connectivity index (χ1n) is 6.50. The van der Waals surface area contributed by atoms with Crippen LogP contribution < -0.4 is 11.1 Å². The molecular weight excluding hydrogens is 298 g/mol. The maximum absolute atomic E-state index is 12.0. The summed E-state index contributed by atoms with van der Waals surface area (Å²) in [5, 5.41) is 21.3. The Morgan fingerprint density at radius 3 is 2.17 bits per heavy atom. The van der Waals surface area contributed by atoms with Crippen LogP contribution >= 0.6 is 0 Å². The Hall–Kier alpha value is -3.40. The van der Waals surface area contributed by atoms with Crippen molar-refractivity contribution in [1.29, 1.82) is 5.26 Å². The molecule has 4 N–H and O–H groups in total. The van der Waals surface area contributed by atoms with Gasteiger partial charge in [-0.3, -0.25) is 14.4 Å². The van der Waals surface area contributed by atoms with Crippen LogP contribution in [0.1, 0.15) is 24.2 Å². The van der Waals surface area contributed by atoms with Crippen LogP contribution in [0.3, 0.4) is 0 Å². The number of amides is 1. The molecule has 0 aromatic heterocycles. The van der Waals surface area contributed by atoms with Gasteiger partial charge in [0.15, 0.2) is 22.9 Å². The van der Waals surface area contributed by atoms with Crippen molar-refractivity contribution in [2.24, 2.45) is 5.73 Å². The molecule has 0 fully saturated rings. The number of rotatable bonds is 5. The lowest BCUT2D eigenvalue weighted by molar-refractivity contribution is -0.113. The monoisotopic (exact) mass is 313 g/mol. The molecule has 0 atom stereocenters. The first-order chi connectivity index (χ1) is 10.8. The molecule has 7 heteroatoms. The number of allylic oxidation sites excluding steroid dienone is 1. The fourth-order valence-electron chi connectivity index (χ4n) is 1.69. The molecule has 0 radical (unpaired) electrons. The van der Waals surface area contributed by atoms with Crippen LogP contribution in [0.4, 0.5) is 5.69 Å². The van der Waals surface area contributed by atoms with Crippen LogP contribution in [-0.2, 0) is 9.59 Å². The minimum atomic E-state index is -0.902. The topological polar surface area (TPSA) is 133 Å². The molecule has 0 aliphatic carbocycles. The SMILES string of the molecule is CC(=O)C(=C\N)/C(O)=C(\C#N)C(=O)Nc1ccc(C(C)=O)cc1. The van der Waals surface area contributed by atoms with E-state index in [1.807, 2.05) is 0 Å². The van der Waals surface area contributed by atoms with Crippen LogP contribution in [0.25, 0.3) is 0 Å². The van der Waals surface area contributed by atoms with Gasteiger partial charge in [-0.05, 0) is 38.1 Å². The second kappa shape index (κ2) is 7.56. The van der Waals surface area contributed by atoms with Crippen LogP contribution in [0.5, 0.6) is 0 Å². The first-order valence-corrected chi connectivity index (χ1v) is 6.50. The highest BCUT2D eigenvalue weighted by atomic mass is 16.3. The maximum atomic E-state index is 12.0. The number of hydrogen-bond donors (Lipinski definition) is 3. The summed E-state index contributed by atoms with van der Waals surface area (Å²) in [5.74, 6) is -2.41. The summed E-state index contributed by atoms with van der Waals surface area (Å²) in [5.41, 5.74) is 5.02. The molecule has 7 nitrogen and oxygen atoms in total. The summed E-state index contributed by atoms with van der Waals surface area (Å²) in [7, 11) is 0. The second-order valence-corrected chi connectivity index (χ2v) is 4.56.